The number of anilines is 1. The summed E-state index contributed by atoms with van der Waals surface area (Å²) in [5, 5.41) is 1.04. The summed E-state index contributed by atoms with van der Waals surface area (Å²) in [7, 11) is 1.57. The van der Waals surface area contributed by atoms with Crippen LogP contribution in [0.1, 0.15) is 10.4 Å². The van der Waals surface area contributed by atoms with Gasteiger partial charge in [0.2, 0.25) is 0 Å². The Labute approximate surface area is 115 Å². The Morgan fingerprint density at radius 3 is 2.75 bits per heavy atom. The van der Waals surface area contributed by atoms with Gasteiger partial charge in [-0.15, -0.1) is 0 Å². The van der Waals surface area contributed by atoms with E-state index in [4.69, 9.17) is 0 Å². The molecular weight excluding hydrogens is 255 g/mol. The lowest BCUT2D eigenvalue weighted by atomic mass is 10.1. The van der Waals surface area contributed by atoms with Crippen molar-refractivity contribution in [2.45, 2.75) is 0 Å². The lowest BCUT2D eigenvalue weighted by Gasteiger charge is -2.18. The average Bonchev–Trinajstić information content (AvgIpc) is 2.93. The zero-order chi connectivity index (χ0) is 14.1. The maximum Gasteiger partial charge on any atom is 0.258 e. The van der Waals surface area contributed by atoms with Crippen LogP contribution in [0.3, 0.4) is 0 Å². The molecule has 3 rings (SSSR count). The maximum absolute atomic E-state index is 13.7. The number of H-pyrrole nitrogens is 1. The first-order valence-electron chi connectivity index (χ1n) is 6.26. The van der Waals surface area contributed by atoms with Gasteiger partial charge in [-0.3, -0.25) is 4.79 Å². The number of hydrogen-bond donors (Lipinski definition) is 1. The van der Waals surface area contributed by atoms with Crippen LogP contribution in [0.15, 0.2) is 54.7 Å². The standard InChI is InChI=1S/C16H13FN2O/c1-19(15-5-3-2-4-13(15)17)16(20)12-7-6-11-8-9-18-14(11)10-12/h2-10,18H,1H3. The second-order valence-electron chi connectivity index (χ2n) is 4.60. The molecule has 0 spiro atoms. The number of nitrogens with zero attached hydrogens (tertiary/aromatic N) is 1. The Morgan fingerprint density at radius 1 is 1.15 bits per heavy atom. The third-order valence-corrected chi connectivity index (χ3v) is 3.32. The van der Waals surface area contributed by atoms with Crippen LogP contribution in [0.4, 0.5) is 10.1 Å². The maximum atomic E-state index is 13.7. The molecule has 3 aromatic rings. The van der Waals surface area contributed by atoms with E-state index in [1.165, 1.54) is 11.0 Å². The van der Waals surface area contributed by atoms with Crippen LogP contribution in [-0.2, 0) is 0 Å². The molecule has 0 fully saturated rings. The zero-order valence-corrected chi connectivity index (χ0v) is 10.9. The topological polar surface area (TPSA) is 36.1 Å². The quantitative estimate of drug-likeness (QED) is 0.757. The van der Waals surface area contributed by atoms with Crippen molar-refractivity contribution in [3.05, 3.63) is 66.1 Å². The number of para-hydroxylation sites is 1. The molecule has 0 bridgehead atoms. The van der Waals surface area contributed by atoms with E-state index < -0.39 is 5.82 Å². The minimum Gasteiger partial charge on any atom is -0.361 e. The lowest BCUT2D eigenvalue weighted by Crippen LogP contribution is -2.27. The van der Waals surface area contributed by atoms with Gasteiger partial charge in [0.05, 0.1) is 5.69 Å². The van der Waals surface area contributed by atoms with Crippen LogP contribution in [-0.4, -0.2) is 17.9 Å². The summed E-state index contributed by atoms with van der Waals surface area (Å²) in [6.45, 7) is 0. The van der Waals surface area contributed by atoms with Crippen LogP contribution >= 0.6 is 0 Å². The average molecular weight is 268 g/mol. The minimum atomic E-state index is -0.413. The summed E-state index contributed by atoms with van der Waals surface area (Å²) in [4.78, 5) is 16.8. The van der Waals surface area contributed by atoms with E-state index in [2.05, 4.69) is 4.98 Å². The second-order valence-corrected chi connectivity index (χ2v) is 4.60. The molecule has 100 valence electrons. The number of rotatable bonds is 2. The molecule has 0 aliphatic carbocycles. The Kier molecular flexibility index (Phi) is 2.99. The number of carbonyl (C=O) groups is 1. The highest BCUT2D eigenvalue weighted by molar-refractivity contribution is 6.07. The second kappa shape index (κ2) is 4.81. The van der Waals surface area contributed by atoms with Crippen molar-refractivity contribution in [3.8, 4) is 0 Å². The number of aromatic amines is 1. The van der Waals surface area contributed by atoms with Crippen LogP contribution in [0.2, 0.25) is 0 Å². The SMILES string of the molecule is CN(C(=O)c1ccc2cc[nH]c2c1)c1ccccc1F. The highest BCUT2D eigenvalue weighted by Gasteiger charge is 2.16. The summed E-state index contributed by atoms with van der Waals surface area (Å²) in [6.07, 6.45) is 1.82. The van der Waals surface area contributed by atoms with E-state index >= 15 is 0 Å². The summed E-state index contributed by atoms with van der Waals surface area (Å²) in [6, 6.07) is 13.6. The number of benzene rings is 2. The molecule has 1 amide bonds. The predicted molar refractivity (Wildman–Crippen MR) is 77.4 cm³/mol. The van der Waals surface area contributed by atoms with Crippen molar-refractivity contribution < 1.29 is 9.18 Å². The number of amides is 1. The normalized spacial score (nSPS) is 10.7. The highest BCUT2D eigenvalue weighted by atomic mass is 19.1. The van der Waals surface area contributed by atoms with Gasteiger partial charge in [0.1, 0.15) is 5.82 Å². The molecule has 0 aliphatic rings. The summed E-state index contributed by atoms with van der Waals surface area (Å²) in [5.74, 6) is -0.657. The molecule has 0 saturated carbocycles. The molecule has 1 aromatic heterocycles. The van der Waals surface area contributed by atoms with Gasteiger partial charge >= 0.3 is 0 Å². The molecular formula is C16H13FN2O. The van der Waals surface area contributed by atoms with Gasteiger partial charge in [0.15, 0.2) is 0 Å². The monoisotopic (exact) mass is 268 g/mol. The number of fused-ring (bicyclic) bond motifs is 1. The number of nitrogens with one attached hydrogen (secondary N) is 1. The fourth-order valence-electron chi connectivity index (χ4n) is 2.21. The first-order chi connectivity index (χ1) is 9.66. The molecule has 0 unspecified atom stereocenters. The summed E-state index contributed by atoms with van der Waals surface area (Å²) < 4.78 is 13.7. The molecule has 0 radical (unpaired) electrons. The molecule has 0 saturated heterocycles. The Hall–Kier alpha value is -2.62. The molecule has 20 heavy (non-hydrogen) atoms. The van der Waals surface area contributed by atoms with Gasteiger partial charge in [-0.2, -0.15) is 0 Å². The van der Waals surface area contributed by atoms with E-state index in [9.17, 15) is 9.18 Å². The van der Waals surface area contributed by atoms with Crippen molar-refractivity contribution in [1.82, 2.24) is 4.98 Å². The summed E-state index contributed by atoms with van der Waals surface area (Å²) in [5.41, 5.74) is 1.67. The third-order valence-electron chi connectivity index (χ3n) is 3.32. The van der Waals surface area contributed by atoms with E-state index in [1.807, 2.05) is 18.3 Å². The van der Waals surface area contributed by atoms with E-state index in [-0.39, 0.29) is 11.6 Å². The molecule has 3 nitrogen and oxygen atoms in total. The van der Waals surface area contributed by atoms with Gasteiger partial charge in [0.25, 0.3) is 5.91 Å². The molecule has 1 heterocycles. The molecule has 2 aromatic carbocycles. The Balaban J connectivity index is 1.97. The van der Waals surface area contributed by atoms with Crippen LogP contribution in [0.5, 0.6) is 0 Å². The van der Waals surface area contributed by atoms with Crippen LogP contribution < -0.4 is 4.90 Å². The minimum absolute atomic E-state index is 0.244. The van der Waals surface area contributed by atoms with Gasteiger partial charge < -0.3 is 9.88 Å². The fraction of sp³-hybridized carbons (Fsp3) is 0.0625. The first kappa shape index (κ1) is 12.4. The van der Waals surface area contributed by atoms with Crippen LogP contribution in [0.25, 0.3) is 10.9 Å². The molecule has 1 N–H and O–H groups in total. The molecule has 4 heteroatoms. The van der Waals surface area contributed by atoms with Crippen LogP contribution in [0, 0.1) is 5.82 Å². The largest absolute Gasteiger partial charge is 0.361 e. The Morgan fingerprint density at radius 2 is 1.95 bits per heavy atom. The van der Waals surface area contributed by atoms with Crippen molar-refractivity contribution in [2.75, 3.05) is 11.9 Å². The predicted octanol–water partition coefficient (Wildman–Crippen LogP) is 3.58. The smallest absolute Gasteiger partial charge is 0.258 e. The molecule has 0 aliphatic heterocycles. The van der Waals surface area contributed by atoms with Gasteiger partial charge in [0, 0.05) is 24.3 Å². The van der Waals surface area contributed by atoms with Crippen molar-refractivity contribution in [2.24, 2.45) is 0 Å². The van der Waals surface area contributed by atoms with E-state index in [0.29, 0.717) is 5.56 Å². The number of carbonyl (C=O) groups excluding carboxylic acids is 1. The van der Waals surface area contributed by atoms with Gasteiger partial charge in [-0.25, -0.2) is 4.39 Å². The van der Waals surface area contributed by atoms with Gasteiger partial charge in [-0.05, 0) is 35.7 Å². The number of halogens is 1. The molecule has 0 atom stereocenters. The van der Waals surface area contributed by atoms with Gasteiger partial charge in [-0.1, -0.05) is 18.2 Å². The number of aromatic nitrogens is 1. The fourth-order valence-corrected chi connectivity index (χ4v) is 2.21. The van der Waals surface area contributed by atoms with Crippen molar-refractivity contribution in [3.63, 3.8) is 0 Å². The van der Waals surface area contributed by atoms with Crippen molar-refractivity contribution >= 4 is 22.5 Å². The Bertz CT molecular complexity index is 779. The van der Waals surface area contributed by atoms with E-state index in [1.54, 1.807) is 37.4 Å². The number of hydrogen-bond acceptors (Lipinski definition) is 1. The first-order valence-corrected chi connectivity index (χ1v) is 6.26. The zero-order valence-electron chi connectivity index (χ0n) is 10.9. The van der Waals surface area contributed by atoms with E-state index in [0.717, 1.165) is 10.9 Å². The third kappa shape index (κ3) is 2.05. The lowest BCUT2D eigenvalue weighted by molar-refractivity contribution is 0.0992. The van der Waals surface area contributed by atoms with Crippen molar-refractivity contribution in [1.29, 1.82) is 0 Å². The highest BCUT2D eigenvalue weighted by Crippen LogP contribution is 2.21. The summed E-state index contributed by atoms with van der Waals surface area (Å²) >= 11 is 0.